The molecule has 1 amide bonds. The lowest BCUT2D eigenvalue weighted by molar-refractivity contribution is -0.148. The van der Waals surface area contributed by atoms with Gasteiger partial charge in [-0.05, 0) is 66.5 Å². The highest BCUT2D eigenvalue weighted by Gasteiger charge is 2.43. The van der Waals surface area contributed by atoms with Crippen LogP contribution in [0.25, 0.3) is 10.8 Å². The topological polar surface area (TPSA) is 51.7 Å². The molecule has 178 valence electrons. The summed E-state index contributed by atoms with van der Waals surface area (Å²) in [6, 6.07) is 15.0. The molecule has 34 heavy (non-hydrogen) atoms. The number of nitrogens with zero attached hydrogens (tertiary/aromatic N) is 2. The Labute approximate surface area is 199 Å². The second-order valence-electron chi connectivity index (χ2n) is 9.65. The molecule has 3 aromatic rings. The van der Waals surface area contributed by atoms with Gasteiger partial charge in [-0.1, -0.05) is 24.3 Å². The fraction of sp³-hybridized carbons (Fsp3) is 0.429. The zero-order chi connectivity index (χ0) is 23.4. The van der Waals surface area contributed by atoms with Crippen LogP contribution in [-0.4, -0.2) is 55.3 Å². The molecule has 0 aliphatic carbocycles. The van der Waals surface area contributed by atoms with E-state index in [4.69, 9.17) is 9.47 Å². The molecule has 5 nitrogen and oxygen atoms in total. The van der Waals surface area contributed by atoms with E-state index in [1.54, 1.807) is 12.1 Å². The molecule has 3 heterocycles. The van der Waals surface area contributed by atoms with Crippen LogP contribution >= 0.6 is 0 Å². The smallest absolute Gasteiger partial charge is 0.229 e. The van der Waals surface area contributed by atoms with Crippen molar-refractivity contribution in [2.24, 2.45) is 11.3 Å². The second kappa shape index (κ2) is 10.2. The largest absolute Gasteiger partial charge is 0.381 e. The van der Waals surface area contributed by atoms with E-state index in [0.29, 0.717) is 58.8 Å². The highest BCUT2D eigenvalue weighted by atomic mass is 19.1. The molecule has 5 rings (SSSR count). The summed E-state index contributed by atoms with van der Waals surface area (Å²) in [6.07, 6.45) is 6.52. The second-order valence-corrected chi connectivity index (χ2v) is 9.65. The van der Waals surface area contributed by atoms with E-state index in [-0.39, 0.29) is 17.6 Å². The third-order valence-electron chi connectivity index (χ3n) is 7.21. The monoisotopic (exact) mass is 462 g/mol. The van der Waals surface area contributed by atoms with Crippen LogP contribution in [0.3, 0.4) is 0 Å². The van der Waals surface area contributed by atoms with Crippen LogP contribution in [0.1, 0.15) is 24.0 Å². The first-order valence-electron chi connectivity index (χ1n) is 12.1. The van der Waals surface area contributed by atoms with Crippen LogP contribution < -0.4 is 0 Å². The van der Waals surface area contributed by atoms with Gasteiger partial charge in [0.05, 0.1) is 18.6 Å². The maximum absolute atomic E-state index is 14.0. The maximum atomic E-state index is 14.0. The summed E-state index contributed by atoms with van der Waals surface area (Å²) in [6.45, 7) is 3.62. The quantitative estimate of drug-likeness (QED) is 0.563. The predicted molar refractivity (Wildman–Crippen MR) is 129 cm³/mol. The van der Waals surface area contributed by atoms with E-state index in [2.05, 4.69) is 23.2 Å². The van der Waals surface area contributed by atoms with Crippen LogP contribution in [0.4, 0.5) is 4.39 Å². The molecule has 2 fully saturated rings. The highest BCUT2D eigenvalue weighted by molar-refractivity contribution is 5.83. The fourth-order valence-electron chi connectivity index (χ4n) is 5.34. The number of hydrogen-bond acceptors (Lipinski definition) is 4. The minimum absolute atomic E-state index is 0.179. The van der Waals surface area contributed by atoms with Crippen molar-refractivity contribution in [1.82, 2.24) is 9.88 Å². The number of halogens is 1. The third-order valence-corrected chi connectivity index (χ3v) is 7.21. The lowest BCUT2D eigenvalue weighted by Gasteiger charge is -2.40. The van der Waals surface area contributed by atoms with Crippen LogP contribution in [0, 0.1) is 17.2 Å². The Hall–Kier alpha value is -2.83. The molecule has 0 radical (unpaired) electrons. The number of ether oxygens (including phenoxy) is 2. The number of amides is 1. The van der Waals surface area contributed by atoms with Gasteiger partial charge >= 0.3 is 0 Å². The average molecular weight is 463 g/mol. The summed E-state index contributed by atoms with van der Waals surface area (Å²) in [5.41, 5.74) is 1.71. The normalized spacial score (nSPS) is 20.7. The molecular weight excluding hydrogens is 431 g/mol. The Balaban J connectivity index is 1.33. The molecule has 1 atom stereocenters. The average Bonchev–Trinajstić information content (AvgIpc) is 3.11. The third kappa shape index (κ3) is 5.13. The van der Waals surface area contributed by atoms with Crippen LogP contribution in [0.2, 0.25) is 0 Å². The molecule has 0 bridgehead atoms. The summed E-state index contributed by atoms with van der Waals surface area (Å²) in [5, 5.41) is 2.30. The fourth-order valence-corrected chi connectivity index (χ4v) is 5.34. The summed E-state index contributed by atoms with van der Waals surface area (Å²) < 4.78 is 25.0. The molecule has 2 aromatic carbocycles. The Bertz CT molecular complexity index is 1130. The van der Waals surface area contributed by atoms with Crippen molar-refractivity contribution in [3.63, 3.8) is 0 Å². The first-order valence-corrected chi connectivity index (χ1v) is 12.1. The molecule has 0 N–H and O–H groups in total. The van der Waals surface area contributed by atoms with Gasteiger partial charge in [0.2, 0.25) is 5.91 Å². The van der Waals surface area contributed by atoms with Crippen molar-refractivity contribution in [1.29, 1.82) is 0 Å². The van der Waals surface area contributed by atoms with Crippen LogP contribution in [0.15, 0.2) is 60.9 Å². The molecule has 0 saturated carbocycles. The number of carbonyl (C=O) groups is 1. The molecule has 0 unspecified atom stereocenters. The number of rotatable bonds is 5. The molecular formula is C28H31FN2O3. The molecule has 2 aliphatic rings. The van der Waals surface area contributed by atoms with Crippen molar-refractivity contribution in [2.75, 3.05) is 39.5 Å². The van der Waals surface area contributed by atoms with E-state index in [1.165, 1.54) is 23.1 Å². The summed E-state index contributed by atoms with van der Waals surface area (Å²) >= 11 is 0. The van der Waals surface area contributed by atoms with Crippen molar-refractivity contribution < 1.29 is 18.7 Å². The summed E-state index contributed by atoms with van der Waals surface area (Å²) in [7, 11) is 0. The SMILES string of the molecule is O=C(N1CCOC[C@H](Cc2ccc3ccncc3c2)C1)C1(Cc2ccc(F)cc2)CCOCC1. The number of carbonyl (C=O) groups excluding carboxylic acids is 1. The van der Waals surface area contributed by atoms with Gasteiger partial charge < -0.3 is 14.4 Å². The van der Waals surface area contributed by atoms with Gasteiger partial charge in [0.15, 0.2) is 0 Å². The van der Waals surface area contributed by atoms with Gasteiger partial charge in [0, 0.05) is 50.0 Å². The van der Waals surface area contributed by atoms with E-state index in [1.807, 2.05) is 23.4 Å². The Morgan fingerprint density at radius 2 is 1.79 bits per heavy atom. The Morgan fingerprint density at radius 1 is 1.00 bits per heavy atom. The first-order chi connectivity index (χ1) is 16.6. The predicted octanol–water partition coefficient (Wildman–Crippen LogP) is 4.43. The van der Waals surface area contributed by atoms with Gasteiger partial charge in [0.25, 0.3) is 0 Å². The number of hydrogen-bond donors (Lipinski definition) is 0. The van der Waals surface area contributed by atoms with Gasteiger partial charge in [0.1, 0.15) is 5.82 Å². The van der Waals surface area contributed by atoms with Crippen molar-refractivity contribution in [3.8, 4) is 0 Å². The van der Waals surface area contributed by atoms with Gasteiger partial charge in [-0.2, -0.15) is 0 Å². The van der Waals surface area contributed by atoms with Gasteiger partial charge in [-0.3, -0.25) is 9.78 Å². The number of pyridine rings is 1. The molecule has 2 aliphatic heterocycles. The number of fused-ring (bicyclic) bond motifs is 1. The van der Waals surface area contributed by atoms with Crippen LogP contribution in [0.5, 0.6) is 0 Å². The van der Waals surface area contributed by atoms with Crippen LogP contribution in [-0.2, 0) is 27.1 Å². The molecule has 1 aromatic heterocycles. The lowest BCUT2D eigenvalue weighted by Crippen LogP contribution is -2.50. The minimum Gasteiger partial charge on any atom is -0.381 e. The van der Waals surface area contributed by atoms with E-state index >= 15 is 0 Å². The molecule has 6 heteroatoms. The Morgan fingerprint density at radius 3 is 2.62 bits per heavy atom. The van der Waals surface area contributed by atoms with Crippen molar-refractivity contribution in [3.05, 3.63) is 77.9 Å². The zero-order valence-corrected chi connectivity index (χ0v) is 19.4. The molecule has 0 spiro atoms. The minimum atomic E-state index is -0.514. The van der Waals surface area contributed by atoms with Crippen molar-refractivity contribution in [2.45, 2.75) is 25.7 Å². The maximum Gasteiger partial charge on any atom is 0.229 e. The number of benzene rings is 2. The molecule has 2 saturated heterocycles. The van der Waals surface area contributed by atoms with E-state index < -0.39 is 5.41 Å². The van der Waals surface area contributed by atoms with E-state index in [9.17, 15) is 9.18 Å². The Kier molecular flexibility index (Phi) is 6.88. The first kappa shape index (κ1) is 22.9. The van der Waals surface area contributed by atoms with E-state index in [0.717, 1.165) is 17.4 Å². The van der Waals surface area contributed by atoms with Gasteiger partial charge in [-0.25, -0.2) is 4.39 Å². The lowest BCUT2D eigenvalue weighted by atomic mass is 9.74. The zero-order valence-electron chi connectivity index (χ0n) is 19.4. The summed E-state index contributed by atoms with van der Waals surface area (Å²) in [4.78, 5) is 20.3. The highest BCUT2D eigenvalue weighted by Crippen LogP contribution is 2.37. The standard InChI is InChI=1S/C28H31FN2O3/c29-26-5-2-21(3-6-26)17-28(8-12-33-13-9-28)27(32)31-11-14-34-20-23(19-31)15-22-1-4-24-7-10-30-18-25(24)16-22/h1-7,10,16,18,23H,8-9,11-15,17,19-20H2/t23-/m1/s1. The van der Waals surface area contributed by atoms with Gasteiger partial charge in [-0.15, -0.1) is 0 Å². The number of aromatic nitrogens is 1. The van der Waals surface area contributed by atoms with Crippen molar-refractivity contribution >= 4 is 16.7 Å². The summed E-state index contributed by atoms with van der Waals surface area (Å²) in [5.74, 6) is 0.148.